The number of carboxylic acids is 1. The number of methoxy groups -OCH3 is 1. The van der Waals surface area contributed by atoms with Crippen molar-refractivity contribution in [1.29, 1.82) is 0 Å². The number of benzene rings is 1. The lowest BCUT2D eigenvalue weighted by Crippen LogP contribution is -2.01. The van der Waals surface area contributed by atoms with Crippen molar-refractivity contribution in [2.24, 2.45) is 0 Å². The summed E-state index contributed by atoms with van der Waals surface area (Å²) in [5, 5.41) is 9.08. The Kier molecular flexibility index (Phi) is 4.47. The monoisotopic (exact) mass is 321 g/mol. The molecule has 6 heteroatoms. The molecule has 0 aliphatic heterocycles. The second-order valence-electron chi connectivity index (χ2n) is 5.12. The van der Waals surface area contributed by atoms with Gasteiger partial charge in [-0.2, -0.15) is 0 Å². The number of rotatable bonds is 5. The Hall–Kier alpha value is -3.28. The molecule has 2 aromatic heterocycles. The molecule has 0 spiro atoms. The van der Waals surface area contributed by atoms with Crippen LogP contribution in [0.15, 0.2) is 54.9 Å². The van der Waals surface area contributed by atoms with Gasteiger partial charge in [0.2, 0.25) is 0 Å². The van der Waals surface area contributed by atoms with Gasteiger partial charge in [-0.05, 0) is 35.9 Å². The zero-order valence-electron chi connectivity index (χ0n) is 13.0. The maximum atomic E-state index is 11.1. The number of ether oxygens (including phenoxy) is 1. The summed E-state index contributed by atoms with van der Waals surface area (Å²) in [6, 6.07) is 12.4. The minimum absolute atomic E-state index is 0.176. The molecule has 1 aromatic carbocycles. The number of carboxylic acid groups (broad SMARTS) is 1. The summed E-state index contributed by atoms with van der Waals surface area (Å²) in [5.41, 5.74) is 2.33. The quantitative estimate of drug-likeness (QED) is 0.778. The van der Waals surface area contributed by atoms with E-state index in [9.17, 15) is 4.79 Å². The highest BCUT2D eigenvalue weighted by atomic mass is 16.5. The summed E-state index contributed by atoms with van der Waals surface area (Å²) in [7, 11) is 1.62. The maximum absolute atomic E-state index is 11.1. The van der Waals surface area contributed by atoms with Crippen molar-refractivity contribution in [1.82, 2.24) is 15.0 Å². The van der Waals surface area contributed by atoms with Gasteiger partial charge in [-0.1, -0.05) is 12.1 Å². The van der Waals surface area contributed by atoms with E-state index in [1.54, 1.807) is 19.4 Å². The van der Waals surface area contributed by atoms with E-state index in [1.807, 2.05) is 24.3 Å². The lowest BCUT2D eigenvalue weighted by atomic mass is 10.1. The van der Waals surface area contributed by atoms with Crippen LogP contribution < -0.4 is 4.74 Å². The number of nitrogens with zero attached hydrogens (tertiary/aromatic N) is 3. The van der Waals surface area contributed by atoms with Crippen LogP contribution in [-0.2, 0) is 6.42 Å². The fraction of sp³-hybridized carbons (Fsp3) is 0.111. The molecule has 0 atom stereocenters. The van der Waals surface area contributed by atoms with Crippen LogP contribution in [0.4, 0.5) is 0 Å². The van der Waals surface area contributed by atoms with Crippen molar-refractivity contribution < 1.29 is 14.6 Å². The Bertz CT molecular complexity index is 863. The molecule has 0 radical (unpaired) electrons. The van der Waals surface area contributed by atoms with Crippen molar-refractivity contribution in [2.75, 3.05) is 7.11 Å². The molecule has 3 rings (SSSR count). The largest absolute Gasteiger partial charge is 0.497 e. The second kappa shape index (κ2) is 6.87. The average Bonchev–Trinajstić information content (AvgIpc) is 2.63. The molecule has 0 fully saturated rings. The molecule has 0 aliphatic carbocycles. The smallest absolute Gasteiger partial charge is 0.335 e. The number of aromatic nitrogens is 3. The van der Waals surface area contributed by atoms with Gasteiger partial charge in [-0.15, -0.1) is 0 Å². The van der Waals surface area contributed by atoms with Gasteiger partial charge in [-0.3, -0.25) is 4.98 Å². The highest BCUT2D eigenvalue weighted by Crippen LogP contribution is 2.17. The first-order chi connectivity index (χ1) is 11.7. The number of pyridine rings is 1. The Morgan fingerprint density at radius 1 is 1.04 bits per heavy atom. The van der Waals surface area contributed by atoms with Crippen LogP contribution >= 0.6 is 0 Å². The zero-order chi connectivity index (χ0) is 16.9. The minimum Gasteiger partial charge on any atom is -0.497 e. The summed E-state index contributed by atoms with van der Waals surface area (Å²) in [6.07, 6.45) is 3.68. The molecule has 120 valence electrons. The topological polar surface area (TPSA) is 85.2 Å². The van der Waals surface area contributed by atoms with Gasteiger partial charge in [0.25, 0.3) is 0 Å². The van der Waals surface area contributed by atoms with E-state index in [0.29, 0.717) is 23.6 Å². The highest BCUT2D eigenvalue weighted by molar-refractivity contribution is 5.88. The lowest BCUT2D eigenvalue weighted by molar-refractivity contribution is 0.0697. The van der Waals surface area contributed by atoms with E-state index in [2.05, 4.69) is 15.0 Å². The highest BCUT2D eigenvalue weighted by Gasteiger charge is 2.08. The first-order valence-electron chi connectivity index (χ1n) is 7.30. The molecule has 0 saturated heterocycles. The molecule has 0 amide bonds. The third-order valence-corrected chi connectivity index (χ3v) is 3.50. The van der Waals surface area contributed by atoms with E-state index in [-0.39, 0.29) is 5.56 Å². The Balaban J connectivity index is 1.86. The van der Waals surface area contributed by atoms with Crippen molar-refractivity contribution in [2.45, 2.75) is 6.42 Å². The van der Waals surface area contributed by atoms with Gasteiger partial charge < -0.3 is 9.84 Å². The van der Waals surface area contributed by atoms with Gasteiger partial charge in [0.1, 0.15) is 11.6 Å². The van der Waals surface area contributed by atoms with Crippen LogP contribution in [0.5, 0.6) is 5.75 Å². The maximum Gasteiger partial charge on any atom is 0.335 e. The first-order valence-corrected chi connectivity index (χ1v) is 7.30. The van der Waals surface area contributed by atoms with Crippen LogP contribution in [0.3, 0.4) is 0 Å². The van der Waals surface area contributed by atoms with E-state index < -0.39 is 5.97 Å². The molecular formula is C18H15N3O3. The fourth-order valence-corrected chi connectivity index (χ4v) is 2.26. The first kappa shape index (κ1) is 15.6. The van der Waals surface area contributed by atoms with E-state index in [1.165, 1.54) is 18.3 Å². The van der Waals surface area contributed by atoms with E-state index in [4.69, 9.17) is 9.84 Å². The van der Waals surface area contributed by atoms with Crippen LogP contribution in [0.1, 0.15) is 21.7 Å². The Morgan fingerprint density at radius 2 is 1.79 bits per heavy atom. The summed E-state index contributed by atoms with van der Waals surface area (Å²) in [4.78, 5) is 24.0. The van der Waals surface area contributed by atoms with E-state index >= 15 is 0 Å². The molecule has 3 aromatic rings. The van der Waals surface area contributed by atoms with Crippen molar-refractivity contribution in [3.05, 3.63) is 71.8 Å². The van der Waals surface area contributed by atoms with Gasteiger partial charge in [0.15, 0.2) is 0 Å². The van der Waals surface area contributed by atoms with Crippen molar-refractivity contribution >= 4 is 5.97 Å². The van der Waals surface area contributed by atoms with Crippen molar-refractivity contribution in [3.63, 3.8) is 0 Å². The molecular weight excluding hydrogens is 306 g/mol. The molecule has 1 N–H and O–H groups in total. The van der Waals surface area contributed by atoms with Gasteiger partial charge in [0.05, 0.1) is 24.1 Å². The predicted molar refractivity (Wildman–Crippen MR) is 88.0 cm³/mol. The third kappa shape index (κ3) is 3.55. The van der Waals surface area contributed by atoms with Crippen molar-refractivity contribution in [3.8, 4) is 17.1 Å². The minimum atomic E-state index is -0.994. The summed E-state index contributed by atoms with van der Waals surface area (Å²) < 4.78 is 5.14. The number of aromatic carboxylic acids is 1. The SMILES string of the molecule is COc1ccc(Cc2nccc(-c3cc(C(=O)O)ccn3)n2)cc1. The second-order valence-corrected chi connectivity index (χ2v) is 5.12. The summed E-state index contributed by atoms with van der Waals surface area (Å²) >= 11 is 0. The van der Waals surface area contributed by atoms with Gasteiger partial charge in [0, 0.05) is 18.8 Å². The zero-order valence-corrected chi connectivity index (χ0v) is 13.0. The predicted octanol–water partition coefficient (Wildman–Crippen LogP) is 2.84. The number of hydrogen-bond donors (Lipinski definition) is 1. The normalized spacial score (nSPS) is 10.4. The summed E-state index contributed by atoms with van der Waals surface area (Å²) in [5.74, 6) is 0.439. The summed E-state index contributed by atoms with van der Waals surface area (Å²) in [6.45, 7) is 0. The van der Waals surface area contributed by atoms with Crippen LogP contribution in [0.2, 0.25) is 0 Å². The molecule has 2 heterocycles. The molecule has 0 saturated carbocycles. The van der Waals surface area contributed by atoms with Gasteiger partial charge >= 0.3 is 5.97 Å². The number of carbonyl (C=O) groups is 1. The number of hydrogen-bond acceptors (Lipinski definition) is 5. The van der Waals surface area contributed by atoms with Crippen LogP contribution in [0, 0.1) is 0 Å². The molecule has 24 heavy (non-hydrogen) atoms. The third-order valence-electron chi connectivity index (χ3n) is 3.50. The molecule has 0 aliphatic rings. The molecule has 0 unspecified atom stereocenters. The standard InChI is InChI=1S/C18H15N3O3/c1-24-14-4-2-12(3-5-14)10-17-20-9-7-15(21-17)16-11-13(18(22)23)6-8-19-16/h2-9,11H,10H2,1H3,(H,22,23). The Labute approximate surface area is 138 Å². The van der Waals surface area contributed by atoms with Crippen LogP contribution in [0.25, 0.3) is 11.4 Å². The van der Waals surface area contributed by atoms with E-state index in [0.717, 1.165) is 11.3 Å². The molecule has 6 nitrogen and oxygen atoms in total. The van der Waals surface area contributed by atoms with Crippen LogP contribution in [-0.4, -0.2) is 33.1 Å². The molecule has 0 bridgehead atoms. The fourth-order valence-electron chi connectivity index (χ4n) is 2.26. The lowest BCUT2D eigenvalue weighted by Gasteiger charge is -2.05. The average molecular weight is 321 g/mol. The van der Waals surface area contributed by atoms with Gasteiger partial charge in [-0.25, -0.2) is 14.8 Å². The Morgan fingerprint density at radius 3 is 2.50 bits per heavy atom.